The topological polar surface area (TPSA) is 73.2 Å². The maximum Gasteiger partial charge on any atom is 0.431 e. The third kappa shape index (κ3) is 4.39. The van der Waals surface area contributed by atoms with Crippen LogP contribution in [0.1, 0.15) is 21.6 Å². The highest BCUT2D eigenvalue weighted by atomic mass is 19.4. The van der Waals surface area contributed by atoms with Gasteiger partial charge in [0.15, 0.2) is 5.43 Å². The fraction of sp³-hybridized carbons (Fsp3) is 0.250. The summed E-state index contributed by atoms with van der Waals surface area (Å²) in [6.45, 7) is 1.52. The van der Waals surface area contributed by atoms with Crippen molar-refractivity contribution in [3.8, 4) is 5.88 Å². The largest absolute Gasteiger partial charge is 0.481 e. The Kier molecular flexibility index (Phi) is 5.58. The van der Waals surface area contributed by atoms with Gasteiger partial charge in [-0.05, 0) is 25.1 Å². The van der Waals surface area contributed by atoms with Crippen molar-refractivity contribution < 1.29 is 22.7 Å². The Morgan fingerprint density at radius 3 is 2.66 bits per heavy atom. The third-order valence-corrected chi connectivity index (χ3v) is 4.38. The first-order valence-electron chi connectivity index (χ1n) is 8.70. The van der Waals surface area contributed by atoms with Crippen molar-refractivity contribution >= 4 is 16.8 Å². The lowest BCUT2D eigenvalue weighted by atomic mass is 10.1. The van der Waals surface area contributed by atoms with Crippen molar-refractivity contribution in [2.75, 3.05) is 13.7 Å². The fourth-order valence-corrected chi connectivity index (χ4v) is 3.01. The maximum absolute atomic E-state index is 13.5. The normalized spacial score (nSPS) is 11.5. The second-order valence-electron chi connectivity index (χ2n) is 6.41. The summed E-state index contributed by atoms with van der Waals surface area (Å²) in [5.74, 6) is -0.223. The van der Waals surface area contributed by atoms with Crippen LogP contribution < -0.4 is 15.5 Å². The lowest BCUT2D eigenvalue weighted by molar-refractivity contribution is -0.143. The molecule has 2 heterocycles. The molecule has 1 amide bonds. The van der Waals surface area contributed by atoms with E-state index in [0.717, 1.165) is 10.1 Å². The molecule has 2 aromatic heterocycles. The molecule has 0 aliphatic heterocycles. The zero-order valence-electron chi connectivity index (χ0n) is 15.7. The molecular formula is C20H18F3N3O3. The number of nitrogens with zero attached hydrogens (tertiary/aromatic N) is 2. The number of aromatic nitrogens is 2. The Bertz CT molecular complexity index is 1120. The van der Waals surface area contributed by atoms with E-state index in [1.54, 1.807) is 19.1 Å². The lowest BCUT2D eigenvalue weighted by Crippen LogP contribution is -2.30. The van der Waals surface area contributed by atoms with E-state index in [1.807, 2.05) is 0 Å². The van der Waals surface area contributed by atoms with Gasteiger partial charge in [0, 0.05) is 42.4 Å². The number of benzene rings is 1. The molecule has 0 aliphatic carbocycles. The van der Waals surface area contributed by atoms with Crippen LogP contribution in [0.5, 0.6) is 5.88 Å². The molecule has 0 aliphatic rings. The molecule has 0 saturated heterocycles. The molecule has 9 heteroatoms. The number of hydrogen-bond donors (Lipinski definition) is 1. The van der Waals surface area contributed by atoms with Crippen molar-refractivity contribution in [1.82, 2.24) is 14.9 Å². The number of carbonyl (C=O) groups is 1. The van der Waals surface area contributed by atoms with Gasteiger partial charge < -0.3 is 14.6 Å². The van der Waals surface area contributed by atoms with Crippen LogP contribution in [0.15, 0.2) is 47.4 Å². The number of nitrogens with one attached hydrogen (secondary N) is 1. The van der Waals surface area contributed by atoms with Crippen LogP contribution >= 0.6 is 0 Å². The summed E-state index contributed by atoms with van der Waals surface area (Å²) in [7, 11) is 1.41. The molecule has 0 atom stereocenters. The maximum atomic E-state index is 13.5. The Morgan fingerprint density at radius 2 is 1.97 bits per heavy atom. The molecule has 0 fully saturated rings. The van der Waals surface area contributed by atoms with Crippen molar-refractivity contribution in [3.63, 3.8) is 0 Å². The summed E-state index contributed by atoms with van der Waals surface area (Å²) in [6, 6.07) is 8.16. The summed E-state index contributed by atoms with van der Waals surface area (Å²) in [6.07, 6.45) is -3.31. The Labute approximate surface area is 163 Å². The molecule has 3 rings (SSSR count). The second-order valence-corrected chi connectivity index (χ2v) is 6.41. The number of ether oxygens (including phenoxy) is 1. The number of pyridine rings is 2. The van der Waals surface area contributed by atoms with E-state index in [-0.39, 0.29) is 35.4 Å². The number of amides is 1. The molecule has 1 aromatic carbocycles. The van der Waals surface area contributed by atoms with E-state index in [4.69, 9.17) is 4.74 Å². The number of aryl methyl sites for hydroxylation is 1. The van der Waals surface area contributed by atoms with Gasteiger partial charge in [0.05, 0.1) is 12.6 Å². The van der Waals surface area contributed by atoms with Gasteiger partial charge in [-0.15, -0.1) is 0 Å². The third-order valence-electron chi connectivity index (χ3n) is 4.38. The van der Waals surface area contributed by atoms with Gasteiger partial charge in [0.2, 0.25) is 5.88 Å². The Morgan fingerprint density at radius 1 is 1.21 bits per heavy atom. The molecule has 29 heavy (non-hydrogen) atoms. The number of alkyl halides is 3. The molecule has 0 spiro atoms. The predicted octanol–water partition coefficient (Wildman–Crippen LogP) is 3.16. The Hall–Kier alpha value is -3.36. The van der Waals surface area contributed by atoms with E-state index >= 15 is 0 Å². The first-order chi connectivity index (χ1) is 13.7. The van der Waals surface area contributed by atoms with E-state index in [2.05, 4.69) is 10.3 Å². The molecule has 6 nitrogen and oxygen atoms in total. The SMILES string of the molecule is COc1cc(C(=O)NCCn2c(C(F)(F)F)cc(=O)c3cc(C)ccc32)ccn1. The monoisotopic (exact) mass is 405 g/mol. The number of methoxy groups -OCH3 is 1. The minimum Gasteiger partial charge on any atom is -0.481 e. The molecule has 0 bridgehead atoms. The molecule has 0 saturated carbocycles. The summed E-state index contributed by atoms with van der Waals surface area (Å²) in [4.78, 5) is 28.3. The Balaban J connectivity index is 1.89. The standard InChI is InChI=1S/C20H18F3N3O3/c1-12-3-4-15-14(9-12)16(27)11-17(20(21,22)23)26(15)8-7-25-19(28)13-5-6-24-18(10-13)29-2/h3-6,9-11H,7-8H2,1-2H3,(H,25,28). The van der Waals surface area contributed by atoms with Gasteiger partial charge in [0.25, 0.3) is 5.91 Å². The summed E-state index contributed by atoms with van der Waals surface area (Å²) in [5.41, 5.74) is -0.553. The van der Waals surface area contributed by atoms with Gasteiger partial charge in [-0.3, -0.25) is 9.59 Å². The molecular weight excluding hydrogens is 387 g/mol. The summed E-state index contributed by atoms with van der Waals surface area (Å²) in [5, 5.41) is 2.78. The number of rotatable bonds is 5. The summed E-state index contributed by atoms with van der Waals surface area (Å²) < 4.78 is 46.5. The van der Waals surface area contributed by atoms with Crippen LogP contribution in [0, 0.1) is 6.92 Å². The number of carbonyl (C=O) groups excluding carboxylic acids is 1. The van der Waals surface area contributed by atoms with Gasteiger partial charge >= 0.3 is 6.18 Å². The first-order valence-corrected chi connectivity index (χ1v) is 8.70. The van der Waals surface area contributed by atoms with Crippen LogP contribution in [0.25, 0.3) is 10.9 Å². The first kappa shape index (κ1) is 20.4. The highest BCUT2D eigenvalue weighted by Gasteiger charge is 2.35. The van der Waals surface area contributed by atoms with Crippen molar-refractivity contribution in [1.29, 1.82) is 0 Å². The van der Waals surface area contributed by atoms with E-state index < -0.39 is 23.2 Å². The van der Waals surface area contributed by atoms with Gasteiger partial charge in [-0.2, -0.15) is 13.2 Å². The number of fused-ring (bicyclic) bond motifs is 1. The highest BCUT2D eigenvalue weighted by molar-refractivity contribution is 5.94. The average Bonchev–Trinajstić information content (AvgIpc) is 2.68. The molecule has 0 unspecified atom stereocenters. The predicted molar refractivity (Wildman–Crippen MR) is 101 cm³/mol. The van der Waals surface area contributed by atoms with Crippen LogP contribution in [-0.2, 0) is 12.7 Å². The minimum atomic E-state index is -4.71. The van der Waals surface area contributed by atoms with Crippen LogP contribution in [0.2, 0.25) is 0 Å². The van der Waals surface area contributed by atoms with Gasteiger partial charge in [-0.1, -0.05) is 11.6 Å². The van der Waals surface area contributed by atoms with Crippen molar-refractivity contribution in [2.24, 2.45) is 0 Å². The zero-order valence-corrected chi connectivity index (χ0v) is 15.7. The summed E-state index contributed by atoms with van der Waals surface area (Å²) >= 11 is 0. The number of hydrogen-bond acceptors (Lipinski definition) is 4. The second kappa shape index (κ2) is 7.94. The van der Waals surface area contributed by atoms with Crippen LogP contribution in [-0.4, -0.2) is 29.1 Å². The lowest BCUT2D eigenvalue weighted by Gasteiger charge is -2.19. The van der Waals surface area contributed by atoms with E-state index in [1.165, 1.54) is 31.5 Å². The van der Waals surface area contributed by atoms with Crippen LogP contribution in [0.4, 0.5) is 13.2 Å². The average molecular weight is 405 g/mol. The molecule has 1 N–H and O–H groups in total. The van der Waals surface area contributed by atoms with Crippen molar-refractivity contribution in [3.05, 3.63) is 69.6 Å². The van der Waals surface area contributed by atoms with Gasteiger partial charge in [0.1, 0.15) is 5.69 Å². The van der Waals surface area contributed by atoms with Crippen molar-refractivity contribution in [2.45, 2.75) is 19.6 Å². The quantitative estimate of drug-likeness (QED) is 0.708. The van der Waals surface area contributed by atoms with E-state index in [0.29, 0.717) is 6.07 Å². The highest BCUT2D eigenvalue weighted by Crippen LogP contribution is 2.30. The zero-order chi connectivity index (χ0) is 21.2. The number of halogens is 3. The van der Waals surface area contributed by atoms with Crippen LogP contribution in [0.3, 0.4) is 0 Å². The van der Waals surface area contributed by atoms with Gasteiger partial charge in [-0.25, -0.2) is 4.98 Å². The molecule has 0 radical (unpaired) electrons. The minimum absolute atomic E-state index is 0.0710. The smallest absolute Gasteiger partial charge is 0.431 e. The fourth-order valence-electron chi connectivity index (χ4n) is 3.01. The molecule has 3 aromatic rings. The van der Waals surface area contributed by atoms with E-state index in [9.17, 15) is 22.8 Å². The molecule has 152 valence electrons.